The van der Waals surface area contributed by atoms with E-state index in [-0.39, 0.29) is 0 Å². The summed E-state index contributed by atoms with van der Waals surface area (Å²) in [6, 6.07) is 4.23. The van der Waals surface area contributed by atoms with Gasteiger partial charge < -0.3 is 5.73 Å². The van der Waals surface area contributed by atoms with Crippen molar-refractivity contribution in [3.63, 3.8) is 0 Å². The number of aromatic nitrogens is 2. The number of aryl methyl sites for hydroxylation is 1. The van der Waals surface area contributed by atoms with Gasteiger partial charge in [0, 0.05) is 11.9 Å². The number of benzene rings is 1. The summed E-state index contributed by atoms with van der Waals surface area (Å²) >= 11 is 5.85. The van der Waals surface area contributed by atoms with Gasteiger partial charge in [-0.05, 0) is 25.1 Å². The lowest BCUT2D eigenvalue weighted by Gasteiger charge is -2.02. The third kappa shape index (κ3) is 1.94. The van der Waals surface area contributed by atoms with E-state index in [9.17, 15) is 4.39 Å². The van der Waals surface area contributed by atoms with Crippen LogP contribution in [0.15, 0.2) is 24.4 Å². The van der Waals surface area contributed by atoms with Crippen molar-refractivity contribution in [1.82, 2.24) is 9.78 Å². The summed E-state index contributed by atoms with van der Waals surface area (Å²) in [7, 11) is 0. The van der Waals surface area contributed by atoms with Gasteiger partial charge in [-0.1, -0.05) is 11.6 Å². The average molecular weight is 226 g/mol. The second-order valence-electron chi connectivity index (χ2n) is 3.25. The molecule has 1 aromatic carbocycles. The molecule has 1 aromatic heterocycles. The summed E-state index contributed by atoms with van der Waals surface area (Å²) < 4.78 is 14.6. The summed E-state index contributed by atoms with van der Waals surface area (Å²) in [5.41, 5.74) is 7.14. The van der Waals surface area contributed by atoms with Crippen LogP contribution >= 0.6 is 11.6 Å². The zero-order valence-electron chi connectivity index (χ0n) is 8.04. The number of rotatable bonds is 1. The number of hydrogen-bond donors (Lipinski definition) is 1. The fourth-order valence-corrected chi connectivity index (χ4v) is 1.43. The first kappa shape index (κ1) is 9.98. The van der Waals surface area contributed by atoms with E-state index in [2.05, 4.69) is 5.10 Å². The van der Waals surface area contributed by atoms with E-state index in [0.717, 1.165) is 0 Å². The molecule has 15 heavy (non-hydrogen) atoms. The molecule has 0 spiro atoms. The highest BCUT2D eigenvalue weighted by atomic mass is 35.5. The largest absolute Gasteiger partial charge is 0.399 e. The van der Waals surface area contributed by atoms with Crippen LogP contribution in [0.4, 0.5) is 10.1 Å². The predicted molar refractivity (Wildman–Crippen MR) is 57.7 cm³/mol. The van der Waals surface area contributed by atoms with E-state index >= 15 is 0 Å². The molecule has 0 saturated heterocycles. The van der Waals surface area contributed by atoms with Crippen LogP contribution in [0.1, 0.15) is 5.69 Å². The maximum absolute atomic E-state index is 13.1. The summed E-state index contributed by atoms with van der Waals surface area (Å²) in [6.45, 7) is 1.78. The Morgan fingerprint density at radius 3 is 2.67 bits per heavy atom. The van der Waals surface area contributed by atoms with Gasteiger partial charge in [-0.15, -0.1) is 0 Å². The minimum absolute atomic E-state index is 0.356. The SMILES string of the molecule is Cc1nn(-c2cc(N)cc(F)c2)cc1Cl. The molecule has 78 valence electrons. The van der Waals surface area contributed by atoms with Crippen molar-refractivity contribution in [3.05, 3.63) is 40.9 Å². The first-order valence-corrected chi connectivity index (χ1v) is 4.72. The Morgan fingerprint density at radius 2 is 2.13 bits per heavy atom. The first-order chi connectivity index (χ1) is 7.06. The lowest BCUT2D eigenvalue weighted by atomic mass is 10.3. The molecule has 0 atom stereocenters. The molecule has 5 heteroatoms. The lowest BCUT2D eigenvalue weighted by Crippen LogP contribution is -1.97. The van der Waals surface area contributed by atoms with Crippen molar-refractivity contribution in [2.75, 3.05) is 5.73 Å². The number of nitrogen functional groups attached to an aromatic ring is 1. The Balaban J connectivity index is 2.53. The Bertz CT molecular complexity index is 468. The zero-order valence-corrected chi connectivity index (χ0v) is 8.79. The minimum Gasteiger partial charge on any atom is -0.399 e. The second-order valence-corrected chi connectivity index (χ2v) is 3.66. The van der Waals surface area contributed by atoms with Crippen molar-refractivity contribution in [2.24, 2.45) is 0 Å². The minimum atomic E-state index is -0.394. The topological polar surface area (TPSA) is 43.8 Å². The molecule has 0 unspecified atom stereocenters. The molecule has 0 aliphatic carbocycles. The summed E-state index contributed by atoms with van der Waals surface area (Å²) in [4.78, 5) is 0. The van der Waals surface area contributed by atoms with Gasteiger partial charge in [0.15, 0.2) is 0 Å². The van der Waals surface area contributed by atoms with Crippen molar-refractivity contribution in [2.45, 2.75) is 6.92 Å². The predicted octanol–water partition coefficient (Wildman–Crippen LogP) is 2.56. The molecule has 0 fully saturated rings. The fourth-order valence-electron chi connectivity index (χ4n) is 1.30. The van der Waals surface area contributed by atoms with Gasteiger partial charge in [0.05, 0.1) is 16.4 Å². The Morgan fingerprint density at radius 1 is 1.40 bits per heavy atom. The molecule has 0 radical (unpaired) electrons. The van der Waals surface area contributed by atoms with Crippen LogP contribution in [0.5, 0.6) is 0 Å². The van der Waals surface area contributed by atoms with Crippen LogP contribution in [-0.4, -0.2) is 9.78 Å². The van der Waals surface area contributed by atoms with Crippen LogP contribution in [0.3, 0.4) is 0 Å². The standard InChI is InChI=1S/C10H9ClFN3/c1-6-10(11)5-15(14-6)9-3-7(12)2-8(13)4-9/h2-5H,13H2,1H3. The van der Waals surface area contributed by atoms with Gasteiger partial charge in [-0.3, -0.25) is 0 Å². The molecule has 2 aromatic rings. The van der Waals surface area contributed by atoms with E-state index in [0.29, 0.717) is 22.1 Å². The molecule has 1 heterocycles. The van der Waals surface area contributed by atoms with Gasteiger partial charge in [0.25, 0.3) is 0 Å². The monoisotopic (exact) mass is 225 g/mol. The molecule has 3 nitrogen and oxygen atoms in total. The molecular weight excluding hydrogens is 217 g/mol. The lowest BCUT2D eigenvalue weighted by molar-refractivity contribution is 0.626. The number of hydrogen-bond acceptors (Lipinski definition) is 2. The van der Waals surface area contributed by atoms with Crippen LogP contribution in [0.2, 0.25) is 5.02 Å². The van der Waals surface area contributed by atoms with Gasteiger partial charge in [0.1, 0.15) is 5.82 Å². The van der Waals surface area contributed by atoms with E-state index < -0.39 is 5.82 Å². The van der Waals surface area contributed by atoms with Gasteiger partial charge in [0.2, 0.25) is 0 Å². The van der Waals surface area contributed by atoms with Crippen LogP contribution < -0.4 is 5.73 Å². The van der Waals surface area contributed by atoms with Crippen molar-refractivity contribution in [1.29, 1.82) is 0 Å². The van der Waals surface area contributed by atoms with Gasteiger partial charge in [-0.25, -0.2) is 9.07 Å². The second kappa shape index (κ2) is 3.55. The number of anilines is 1. The summed E-state index contributed by atoms with van der Waals surface area (Å²) in [5.74, 6) is -0.394. The number of halogens is 2. The highest BCUT2D eigenvalue weighted by molar-refractivity contribution is 6.31. The first-order valence-electron chi connectivity index (χ1n) is 4.34. The molecule has 0 aliphatic rings. The highest BCUT2D eigenvalue weighted by Crippen LogP contribution is 2.18. The normalized spacial score (nSPS) is 10.6. The molecule has 0 saturated carbocycles. The molecule has 2 rings (SSSR count). The Labute approximate surface area is 91.3 Å². The fraction of sp³-hybridized carbons (Fsp3) is 0.100. The highest BCUT2D eigenvalue weighted by Gasteiger charge is 2.05. The molecule has 0 bridgehead atoms. The van der Waals surface area contributed by atoms with E-state index in [4.69, 9.17) is 17.3 Å². The number of nitrogens with two attached hydrogens (primary N) is 1. The Kier molecular flexibility index (Phi) is 2.36. The molecule has 2 N–H and O–H groups in total. The van der Waals surface area contributed by atoms with Crippen LogP contribution in [-0.2, 0) is 0 Å². The van der Waals surface area contributed by atoms with Crippen molar-refractivity contribution >= 4 is 17.3 Å². The van der Waals surface area contributed by atoms with Gasteiger partial charge >= 0.3 is 0 Å². The number of nitrogens with zero attached hydrogens (tertiary/aromatic N) is 2. The van der Waals surface area contributed by atoms with Crippen molar-refractivity contribution < 1.29 is 4.39 Å². The maximum atomic E-state index is 13.1. The summed E-state index contributed by atoms with van der Waals surface area (Å²) in [5, 5.41) is 4.66. The molecule has 0 amide bonds. The third-order valence-electron chi connectivity index (χ3n) is 2.01. The quantitative estimate of drug-likeness (QED) is 0.758. The van der Waals surface area contributed by atoms with E-state index in [1.54, 1.807) is 19.2 Å². The maximum Gasteiger partial charge on any atom is 0.127 e. The zero-order chi connectivity index (χ0) is 11.0. The van der Waals surface area contributed by atoms with Crippen molar-refractivity contribution in [3.8, 4) is 5.69 Å². The van der Waals surface area contributed by atoms with E-state index in [1.807, 2.05) is 0 Å². The third-order valence-corrected chi connectivity index (χ3v) is 2.38. The van der Waals surface area contributed by atoms with E-state index in [1.165, 1.54) is 16.8 Å². The van der Waals surface area contributed by atoms with Crippen LogP contribution in [0.25, 0.3) is 5.69 Å². The van der Waals surface area contributed by atoms with Crippen LogP contribution in [0, 0.1) is 12.7 Å². The average Bonchev–Trinajstić information content (AvgIpc) is 2.45. The van der Waals surface area contributed by atoms with Gasteiger partial charge in [-0.2, -0.15) is 5.10 Å². The summed E-state index contributed by atoms with van der Waals surface area (Å²) in [6.07, 6.45) is 1.62. The molecule has 0 aliphatic heterocycles. The Hall–Kier alpha value is -1.55. The molecular formula is C10H9ClFN3. The smallest absolute Gasteiger partial charge is 0.127 e.